The Morgan fingerprint density at radius 1 is 1.67 bits per heavy atom. The quantitative estimate of drug-likeness (QED) is 0.487. The molecular weight excluding hydrogens is 114 g/mol. The van der Waals surface area contributed by atoms with Gasteiger partial charge in [-0.15, -0.1) is 0 Å². The smallest absolute Gasteiger partial charge is 0.0660 e. The van der Waals surface area contributed by atoms with E-state index in [1.54, 1.807) is 0 Å². The molecule has 0 bridgehead atoms. The van der Waals surface area contributed by atoms with E-state index in [9.17, 15) is 0 Å². The van der Waals surface area contributed by atoms with Gasteiger partial charge in [0.1, 0.15) is 0 Å². The van der Waals surface area contributed by atoms with Crippen LogP contribution >= 0.6 is 0 Å². The lowest BCUT2D eigenvalue weighted by molar-refractivity contribution is 0.0408. The Bertz CT molecular complexity index is 127. The third kappa shape index (κ3) is 1.43. The Morgan fingerprint density at radius 2 is 2.44 bits per heavy atom. The van der Waals surface area contributed by atoms with Crippen LogP contribution in [0.4, 0.5) is 0 Å². The molecule has 0 amide bonds. The first-order valence-electron chi connectivity index (χ1n) is 3.32. The highest BCUT2D eigenvalue weighted by Crippen LogP contribution is 2.19. The molecule has 1 saturated heterocycles. The SMILES string of the molecule is C[C@H]1COCC[C@@H]1C#N. The van der Waals surface area contributed by atoms with E-state index in [4.69, 9.17) is 10.00 Å². The van der Waals surface area contributed by atoms with Crippen LogP contribution in [0.15, 0.2) is 0 Å². The fourth-order valence-electron chi connectivity index (χ4n) is 1.07. The van der Waals surface area contributed by atoms with Gasteiger partial charge in [-0.2, -0.15) is 5.26 Å². The molecule has 1 aliphatic heterocycles. The Hall–Kier alpha value is -0.550. The monoisotopic (exact) mass is 125 g/mol. The van der Waals surface area contributed by atoms with Crippen LogP contribution in [0, 0.1) is 23.2 Å². The van der Waals surface area contributed by atoms with Gasteiger partial charge in [0, 0.05) is 6.61 Å². The van der Waals surface area contributed by atoms with Gasteiger partial charge >= 0.3 is 0 Å². The van der Waals surface area contributed by atoms with Crippen molar-refractivity contribution in [1.82, 2.24) is 0 Å². The summed E-state index contributed by atoms with van der Waals surface area (Å²) in [6.07, 6.45) is 0.914. The maximum absolute atomic E-state index is 8.56. The lowest BCUT2D eigenvalue weighted by atomic mass is 9.92. The number of nitriles is 1. The molecule has 0 unspecified atom stereocenters. The van der Waals surface area contributed by atoms with Crippen LogP contribution in [0.1, 0.15) is 13.3 Å². The molecule has 50 valence electrons. The van der Waals surface area contributed by atoms with Crippen LogP contribution in [0.25, 0.3) is 0 Å². The molecule has 0 saturated carbocycles. The van der Waals surface area contributed by atoms with Gasteiger partial charge in [0.05, 0.1) is 18.6 Å². The molecule has 0 aromatic heterocycles. The van der Waals surface area contributed by atoms with Crippen LogP contribution in [0.3, 0.4) is 0 Å². The first-order chi connectivity index (χ1) is 4.34. The summed E-state index contributed by atoms with van der Waals surface area (Å²) < 4.78 is 5.16. The number of hydrogen-bond donors (Lipinski definition) is 0. The largest absolute Gasteiger partial charge is 0.381 e. The molecule has 0 aromatic rings. The van der Waals surface area contributed by atoms with Crippen molar-refractivity contribution in [3.05, 3.63) is 0 Å². The van der Waals surface area contributed by atoms with E-state index in [2.05, 4.69) is 13.0 Å². The minimum absolute atomic E-state index is 0.235. The van der Waals surface area contributed by atoms with Crippen molar-refractivity contribution in [2.24, 2.45) is 11.8 Å². The summed E-state index contributed by atoms with van der Waals surface area (Å²) in [5, 5.41) is 8.56. The number of nitrogens with zero attached hydrogens (tertiary/aromatic N) is 1. The minimum Gasteiger partial charge on any atom is -0.381 e. The Balaban J connectivity index is 2.41. The second-order valence-corrected chi connectivity index (χ2v) is 2.58. The fourth-order valence-corrected chi connectivity index (χ4v) is 1.07. The average molecular weight is 125 g/mol. The van der Waals surface area contributed by atoms with Gasteiger partial charge in [0.2, 0.25) is 0 Å². The highest BCUT2D eigenvalue weighted by Gasteiger charge is 2.20. The van der Waals surface area contributed by atoms with E-state index in [1.165, 1.54) is 0 Å². The molecule has 0 radical (unpaired) electrons. The van der Waals surface area contributed by atoms with Gasteiger partial charge in [-0.05, 0) is 12.3 Å². The molecule has 1 fully saturated rings. The first-order valence-corrected chi connectivity index (χ1v) is 3.32. The maximum Gasteiger partial charge on any atom is 0.0660 e. The third-order valence-corrected chi connectivity index (χ3v) is 1.81. The molecule has 9 heavy (non-hydrogen) atoms. The van der Waals surface area contributed by atoms with Crippen LogP contribution in [-0.2, 0) is 4.74 Å². The second kappa shape index (κ2) is 2.84. The van der Waals surface area contributed by atoms with Gasteiger partial charge in [-0.3, -0.25) is 0 Å². The molecular formula is C7H11NO. The summed E-state index contributed by atoms with van der Waals surface area (Å²) in [6, 6.07) is 2.27. The van der Waals surface area contributed by atoms with Crippen LogP contribution < -0.4 is 0 Å². The van der Waals surface area contributed by atoms with Crippen molar-refractivity contribution in [3.63, 3.8) is 0 Å². The number of rotatable bonds is 0. The summed E-state index contributed by atoms with van der Waals surface area (Å²) in [6.45, 7) is 3.59. The van der Waals surface area contributed by atoms with E-state index >= 15 is 0 Å². The molecule has 0 spiro atoms. The molecule has 1 aliphatic rings. The van der Waals surface area contributed by atoms with E-state index in [0.29, 0.717) is 5.92 Å². The van der Waals surface area contributed by atoms with Crippen molar-refractivity contribution in [2.45, 2.75) is 13.3 Å². The average Bonchev–Trinajstić information content (AvgIpc) is 1.89. The van der Waals surface area contributed by atoms with Crippen molar-refractivity contribution >= 4 is 0 Å². The summed E-state index contributed by atoms with van der Waals surface area (Å²) in [5.74, 6) is 0.669. The minimum atomic E-state index is 0.235. The predicted octanol–water partition coefficient (Wildman–Crippen LogP) is 1.18. The van der Waals surface area contributed by atoms with Gasteiger partial charge in [-0.1, -0.05) is 6.92 Å². The topological polar surface area (TPSA) is 33.0 Å². The summed E-state index contributed by atoms with van der Waals surface area (Å²) in [5.41, 5.74) is 0. The molecule has 2 heteroatoms. The fraction of sp³-hybridized carbons (Fsp3) is 0.857. The zero-order valence-electron chi connectivity index (χ0n) is 5.63. The molecule has 0 N–H and O–H groups in total. The second-order valence-electron chi connectivity index (χ2n) is 2.58. The van der Waals surface area contributed by atoms with Crippen molar-refractivity contribution in [1.29, 1.82) is 5.26 Å². The standard InChI is InChI=1S/C7H11NO/c1-6-5-9-3-2-7(6)4-8/h6-7H,2-3,5H2,1H3/t6-,7+/m0/s1. The highest BCUT2D eigenvalue weighted by molar-refractivity contribution is 4.87. The maximum atomic E-state index is 8.56. The van der Waals surface area contributed by atoms with Crippen molar-refractivity contribution < 1.29 is 4.74 Å². The zero-order chi connectivity index (χ0) is 6.69. The van der Waals surface area contributed by atoms with Gasteiger partial charge in [0.15, 0.2) is 0 Å². The van der Waals surface area contributed by atoms with Gasteiger partial charge in [-0.25, -0.2) is 0 Å². The normalized spacial score (nSPS) is 35.6. The van der Waals surface area contributed by atoms with E-state index in [1.807, 2.05) is 0 Å². The van der Waals surface area contributed by atoms with Crippen LogP contribution in [-0.4, -0.2) is 13.2 Å². The lowest BCUT2D eigenvalue weighted by Gasteiger charge is -2.22. The van der Waals surface area contributed by atoms with Crippen LogP contribution in [0.2, 0.25) is 0 Å². The van der Waals surface area contributed by atoms with E-state index < -0.39 is 0 Å². The van der Waals surface area contributed by atoms with E-state index in [-0.39, 0.29) is 5.92 Å². The van der Waals surface area contributed by atoms with Gasteiger partial charge in [0.25, 0.3) is 0 Å². The Morgan fingerprint density at radius 3 is 2.89 bits per heavy atom. The molecule has 2 nitrogen and oxygen atoms in total. The summed E-state index contributed by atoms with van der Waals surface area (Å²) in [4.78, 5) is 0. The lowest BCUT2D eigenvalue weighted by Crippen LogP contribution is -2.23. The van der Waals surface area contributed by atoms with Crippen molar-refractivity contribution in [2.75, 3.05) is 13.2 Å². The highest BCUT2D eigenvalue weighted by atomic mass is 16.5. The zero-order valence-corrected chi connectivity index (χ0v) is 5.63. The number of ether oxygens (including phenoxy) is 1. The molecule has 0 aromatic carbocycles. The Kier molecular flexibility index (Phi) is 2.07. The Labute approximate surface area is 55.4 Å². The molecule has 0 aliphatic carbocycles. The predicted molar refractivity (Wildman–Crippen MR) is 33.7 cm³/mol. The summed E-state index contributed by atoms with van der Waals surface area (Å²) in [7, 11) is 0. The molecule has 2 atom stereocenters. The first kappa shape index (κ1) is 6.57. The van der Waals surface area contributed by atoms with Gasteiger partial charge < -0.3 is 4.74 Å². The molecule has 1 rings (SSSR count). The third-order valence-electron chi connectivity index (χ3n) is 1.81. The van der Waals surface area contributed by atoms with E-state index in [0.717, 1.165) is 19.6 Å². The number of hydrogen-bond acceptors (Lipinski definition) is 2. The van der Waals surface area contributed by atoms with Crippen LogP contribution in [0.5, 0.6) is 0 Å². The molecule has 1 heterocycles. The summed E-state index contributed by atoms with van der Waals surface area (Å²) >= 11 is 0. The van der Waals surface area contributed by atoms with Crippen molar-refractivity contribution in [3.8, 4) is 6.07 Å².